The summed E-state index contributed by atoms with van der Waals surface area (Å²) in [6.07, 6.45) is 0.410. The fraction of sp³-hybridized carbons (Fsp3) is 0.304. The minimum absolute atomic E-state index is 0.0512. The second-order valence-electron chi connectivity index (χ2n) is 7.91. The van der Waals surface area contributed by atoms with Gasteiger partial charge < -0.3 is 10.2 Å². The molecule has 2 amide bonds. The molecule has 1 fully saturated rings. The zero-order valence-electron chi connectivity index (χ0n) is 17.5. The third kappa shape index (κ3) is 4.47. The molecular weight excluding hydrogens is 397 g/mol. The molecule has 0 bridgehead atoms. The van der Waals surface area contributed by atoms with E-state index in [4.69, 9.17) is 0 Å². The Morgan fingerprint density at radius 3 is 2.71 bits per heavy atom. The molecule has 1 aliphatic rings. The third-order valence-corrected chi connectivity index (χ3v) is 5.56. The highest BCUT2D eigenvalue weighted by Crippen LogP contribution is 2.20. The summed E-state index contributed by atoms with van der Waals surface area (Å²) in [5, 5.41) is 10.9. The van der Waals surface area contributed by atoms with Gasteiger partial charge in [-0.15, -0.1) is 5.10 Å². The first-order valence-electron chi connectivity index (χ1n) is 10.2. The average molecular weight is 421 g/mol. The lowest BCUT2D eigenvalue weighted by atomic mass is 10.1. The molecule has 1 N–H and O–H groups in total. The summed E-state index contributed by atoms with van der Waals surface area (Å²) < 4.78 is 15.1. The Kier molecular flexibility index (Phi) is 5.79. The maximum atomic E-state index is 13.5. The molecule has 0 saturated carbocycles. The summed E-state index contributed by atoms with van der Waals surface area (Å²) in [5.41, 5.74) is 3.00. The molecule has 1 aromatic heterocycles. The van der Waals surface area contributed by atoms with Crippen molar-refractivity contribution >= 4 is 11.8 Å². The number of hydrogen-bond donors (Lipinski definition) is 1. The SMILES string of the molecule is Cc1cc(-n2nnc(C(=O)NCC3CC(=O)N(Cc4ccccc4)C3)c2C)ccc1F. The number of carbonyl (C=O) groups excluding carboxylic acids is 2. The average Bonchev–Trinajstić information content (AvgIpc) is 3.31. The molecule has 0 aliphatic carbocycles. The molecule has 160 valence electrons. The number of benzene rings is 2. The van der Waals surface area contributed by atoms with Crippen LogP contribution >= 0.6 is 0 Å². The molecular formula is C23H24FN5O2. The van der Waals surface area contributed by atoms with Gasteiger partial charge in [0.05, 0.1) is 11.4 Å². The van der Waals surface area contributed by atoms with Gasteiger partial charge in [-0.25, -0.2) is 9.07 Å². The maximum absolute atomic E-state index is 13.5. The number of nitrogens with one attached hydrogen (secondary N) is 1. The van der Waals surface area contributed by atoms with E-state index < -0.39 is 0 Å². The lowest BCUT2D eigenvalue weighted by Gasteiger charge is -2.17. The molecule has 4 rings (SSSR count). The maximum Gasteiger partial charge on any atom is 0.273 e. The van der Waals surface area contributed by atoms with E-state index in [0.717, 1.165) is 5.56 Å². The number of carbonyl (C=O) groups is 2. The smallest absolute Gasteiger partial charge is 0.273 e. The van der Waals surface area contributed by atoms with Gasteiger partial charge in [0.15, 0.2) is 5.69 Å². The van der Waals surface area contributed by atoms with Crippen molar-refractivity contribution in [3.8, 4) is 5.69 Å². The first-order chi connectivity index (χ1) is 14.9. The summed E-state index contributed by atoms with van der Waals surface area (Å²) in [7, 11) is 0. The second-order valence-corrected chi connectivity index (χ2v) is 7.91. The van der Waals surface area contributed by atoms with Gasteiger partial charge in [-0.3, -0.25) is 9.59 Å². The van der Waals surface area contributed by atoms with Crippen molar-refractivity contribution in [3.63, 3.8) is 0 Å². The summed E-state index contributed by atoms with van der Waals surface area (Å²) in [6.45, 7) is 4.98. The predicted molar refractivity (Wildman–Crippen MR) is 113 cm³/mol. The zero-order valence-corrected chi connectivity index (χ0v) is 17.5. The van der Waals surface area contributed by atoms with E-state index in [1.807, 2.05) is 35.2 Å². The lowest BCUT2D eigenvalue weighted by molar-refractivity contribution is -0.128. The van der Waals surface area contributed by atoms with Crippen LogP contribution in [0.15, 0.2) is 48.5 Å². The molecule has 0 spiro atoms. The van der Waals surface area contributed by atoms with E-state index in [1.54, 1.807) is 26.0 Å². The molecule has 7 nitrogen and oxygen atoms in total. The van der Waals surface area contributed by atoms with Gasteiger partial charge in [0, 0.05) is 32.0 Å². The van der Waals surface area contributed by atoms with Crippen LogP contribution in [0.25, 0.3) is 5.69 Å². The summed E-state index contributed by atoms with van der Waals surface area (Å²) in [4.78, 5) is 26.8. The lowest BCUT2D eigenvalue weighted by Crippen LogP contribution is -2.31. The van der Waals surface area contributed by atoms with Gasteiger partial charge in [0.1, 0.15) is 5.82 Å². The molecule has 8 heteroatoms. The molecule has 1 unspecified atom stereocenters. The van der Waals surface area contributed by atoms with Gasteiger partial charge >= 0.3 is 0 Å². The van der Waals surface area contributed by atoms with Crippen LogP contribution in [-0.2, 0) is 11.3 Å². The van der Waals surface area contributed by atoms with E-state index in [1.165, 1.54) is 10.7 Å². The first-order valence-corrected chi connectivity index (χ1v) is 10.2. The van der Waals surface area contributed by atoms with Crippen LogP contribution in [0.3, 0.4) is 0 Å². The Bertz CT molecular complexity index is 1110. The van der Waals surface area contributed by atoms with E-state index in [-0.39, 0.29) is 29.2 Å². The fourth-order valence-electron chi connectivity index (χ4n) is 3.81. The number of amides is 2. The van der Waals surface area contributed by atoms with Crippen LogP contribution in [0.1, 0.15) is 33.7 Å². The molecule has 0 radical (unpaired) electrons. The first kappa shape index (κ1) is 20.7. The van der Waals surface area contributed by atoms with Crippen molar-refractivity contribution in [2.24, 2.45) is 5.92 Å². The number of likely N-dealkylation sites (tertiary alicyclic amines) is 1. The Balaban J connectivity index is 1.37. The van der Waals surface area contributed by atoms with E-state index >= 15 is 0 Å². The van der Waals surface area contributed by atoms with Crippen molar-refractivity contribution < 1.29 is 14.0 Å². The van der Waals surface area contributed by atoms with Crippen LogP contribution < -0.4 is 5.32 Å². The number of hydrogen-bond acceptors (Lipinski definition) is 4. The fourth-order valence-corrected chi connectivity index (χ4v) is 3.81. The van der Waals surface area contributed by atoms with Gasteiger partial charge in [-0.1, -0.05) is 35.5 Å². The van der Waals surface area contributed by atoms with Crippen molar-refractivity contribution in [1.82, 2.24) is 25.2 Å². The van der Waals surface area contributed by atoms with Crippen LogP contribution in [0.2, 0.25) is 0 Å². The van der Waals surface area contributed by atoms with Crippen LogP contribution in [0, 0.1) is 25.6 Å². The number of aryl methyl sites for hydroxylation is 1. The van der Waals surface area contributed by atoms with E-state index in [2.05, 4.69) is 15.6 Å². The molecule has 2 heterocycles. The third-order valence-electron chi connectivity index (χ3n) is 5.56. The van der Waals surface area contributed by atoms with Crippen molar-refractivity contribution in [3.05, 3.63) is 76.9 Å². The summed E-state index contributed by atoms with van der Waals surface area (Å²) in [5.74, 6) is -0.490. The highest BCUT2D eigenvalue weighted by atomic mass is 19.1. The zero-order chi connectivity index (χ0) is 22.0. The molecule has 3 aromatic rings. The highest BCUT2D eigenvalue weighted by molar-refractivity contribution is 5.93. The monoisotopic (exact) mass is 421 g/mol. The van der Waals surface area contributed by atoms with Gasteiger partial charge in [-0.2, -0.15) is 0 Å². The van der Waals surface area contributed by atoms with E-state index in [9.17, 15) is 14.0 Å². The summed E-state index contributed by atoms with van der Waals surface area (Å²) >= 11 is 0. The van der Waals surface area contributed by atoms with E-state index in [0.29, 0.717) is 43.0 Å². The van der Waals surface area contributed by atoms with Crippen molar-refractivity contribution in [2.75, 3.05) is 13.1 Å². The Morgan fingerprint density at radius 2 is 1.97 bits per heavy atom. The van der Waals surface area contributed by atoms with Crippen molar-refractivity contribution in [2.45, 2.75) is 26.8 Å². The largest absolute Gasteiger partial charge is 0.350 e. The molecule has 1 atom stereocenters. The normalized spacial score (nSPS) is 16.0. The Hall–Kier alpha value is -3.55. The summed E-state index contributed by atoms with van der Waals surface area (Å²) in [6, 6.07) is 14.5. The van der Waals surface area contributed by atoms with Gasteiger partial charge in [0.2, 0.25) is 5.91 Å². The number of aromatic nitrogens is 3. The van der Waals surface area contributed by atoms with Crippen LogP contribution in [0.5, 0.6) is 0 Å². The molecule has 31 heavy (non-hydrogen) atoms. The van der Waals surface area contributed by atoms with Crippen molar-refractivity contribution in [1.29, 1.82) is 0 Å². The molecule has 1 saturated heterocycles. The van der Waals surface area contributed by atoms with Crippen LogP contribution in [-0.4, -0.2) is 44.8 Å². The molecule has 2 aromatic carbocycles. The molecule has 1 aliphatic heterocycles. The highest BCUT2D eigenvalue weighted by Gasteiger charge is 2.30. The number of rotatable bonds is 6. The predicted octanol–water partition coefficient (Wildman–Crippen LogP) is 2.80. The Labute approximate surface area is 179 Å². The second kappa shape index (κ2) is 8.67. The topological polar surface area (TPSA) is 80.1 Å². The van der Waals surface area contributed by atoms with Gasteiger partial charge in [0.25, 0.3) is 5.91 Å². The standard InChI is InChI=1S/C23H24FN5O2/c1-15-10-19(8-9-20(15)24)29-16(2)22(26-27-29)23(31)25-12-18-11-21(30)28(14-18)13-17-6-4-3-5-7-17/h3-10,18H,11-14H2,1-2H3,(H,25,31). The van der Waals surface area contributed by atoms with Gasteiger partial charge in [-0.05, 0) is 43.2 Å². The quantitative estimate of drug-likeness (QED) is 0.664. The Morgan fingerprint density at radius 1 is 1.19 bits per heavy atom. The van der Waals surface area contributed by atoms with Crippen LogP contribution in [0.4, 0.5) is 4.39 Å². The minimum atomic E-state index is -0.337. The number of halogens is 1. The number of nitrogens with zero attached hydrogens (tertiary/aromatic N) is 4. The minimum Gasteiger partial charge on any atom is -0.350 e.